The zero-order valence-corrected chi connectivity index (χ0v) is 15.0. The molecule has 2 atom stereocenters. The Hall–Kier alpha value is -3.11. The summed E-state index contributed by atoms with van der Waals surface area (Å²) >= 11 is 0. The van der Waals surface area contributed by atoms with Crippen LogP contribution in [0.25, 0.3) is 0 Å². The van der Waals surface area contributed by atoms with E-state index in [9.17, 15) is 14.7 Å². The van der Waals surface area contributed by atoms with Crippen LogP contribution in [0.15, 0.2) is 41.0 Å². The minimum atomic E-state index is -0.733. The Kier molecular flexibility index (Phi) is 5.57. The van der Waals surface area contributed by atoms with Gasteiger partial charge in [0.25, 0.3) is 11.8 Å². The highest BCUT2D eigenvalue weighted by Gasteiger charge is 2.32. The van der Waals surface area contributed by atoms with Gasteiger partial charge in [-0.15, -0.1) is 0 Å². The first-order valence-electron chi connectivity index (χ1n) is 8.79. The van der Waals surface area contributed by atoms with E-state index < -0.39 is 6.10 Å². The maximum Gasteiger partial charge on any atom is 0.289 e. The third-order valence-electron chi connectivity index (χ3n) is 4.84. The molecule has 1 fully saturated rings. The molecule has 0 radical (unpaired) electrons. The van der Waals surface area contributed by atoms with Crippen LogP contribution in [-0.4, -0.2) is 47.6 Å². The topological polar surface area (TPSA) is 107 Å². The van der Waals surface area contributed by atoms with Gasteiger partial charge in [0.15, 0.2) is 5.76 Å². The monoisotopic (exact) mass is 367 g/mol. The van der Waals surface area contributed by atoms with Gasteiger partial charge in [-0.1, -0.05) is 6.07 Å². The van der Waals surface area contributed by atoms with Gasteiger partial charge in [-0.05, 0) is 37.6 Å². The molecular weight excluding hydrogens is 346 g/mol. The van der Waals surface area contributed by atoms with Crippen molar-refractivity contribution in [1.82, 2.24) is 10.2 Å². The number of piperidine rings is 1. The number of nitrogens with one attached hydrogen (secondary N) is 1. The number of β-amino-alcohol motifs (C(OH)–C–C–N with tert-alkyl or cyclic N) is 1. The number of amides is 2. The minimum absolute atomic E-state index is 0.144. The van der Waals surface area contributed by atoms with Gasteiger partial charge in [0, 0.05) is 36.7 Å². The third-order valence-corrected chi connectivity index (χ3v) is 4.84. The summed E-state index contributed by atoms with van der Waals surface area (Å²) in [5.74, 6) is -0.363. The molecule has 1 saturated heterocycles. The zero-order valence-electron chi connectivity index (χ0n) is 15.0. The van der Waals surface area contributed by atoms with Crippen molar-refractivity contribution in [3.05, 3.63) is 59.0 Å². The van der Waals surface area contributed by atoms with E-state index in [1.165, 1.54) is 12.3 Å². The molecule has 1 aliphatic heterocycles. The fourth-order valence-corrected chi connectivity index (χ4v) is 3.19. The number of nitriles is 1. The van der Waals surface area contributed by atoms with Crippen molar-refractivity contribution in [2.45, 2.75) is 19.4 Å². The van der Waals surface area contributed by atoms with Crippen LogP contribution in [0.4, 0.5) is 0 Å². The average molecular weight is 367 g/mol. The molecule has 2 amide bonds. The van der Waals surface area contributed by atoms with Crippen molar-refractivity contribution in [3.8, 4) is 6.07 Å². The number of aryl methyl sites for hydroxylation is 1. The van der Waals surface area contributed by atoms with Gasteiger partial charge in [-0.25, -0.2) is 0 Å². The van der Waals surface area contributed by atoms with Gasteiger partial charge >= 0.3 is 0 Å². The Morgan fingerprint density at radius 2 is 2.22 bits per heavy atom. The van der Waals surface area contributed by atoms with Crippen molar-refractivity contribution in [2.24, 2.45) is 5.92 Å². The highest BCUT2D eigenvalue weighted by atomic mass is 16.3. The first-order valence-corrected chi connectivity index (χ1v) is 8.79. The summed E-state index contributed by atoms with van der Waals surface area (Å²) < 4.78 is 5.24. The van der Waals surface area contributed by atoms with E-state index in [1.54, 1.807) is 36.1 Å². The third kappa shape index (κ3) is 4.18. The lowest BCUT2D eigenvalue weighted by Crippen LogP contribution is -2.49. The van der Waals surface area contributed by atoms with Crippen LogP contribution in [0.1, 0.15) is 38.5 Å². The second-order valence-electron chi connectivity index (χ2n) is 6.70. The SMILES string of the molecule is Cc1ccoc1C(=O)N1CC[C@@H](CNC(=O)c2cccc(C#N)c2)[C@H](O)C1. The van der Waals surface area contributed by atoms with Gasteiger partial charge in [-0.3, -0.25) is 9.59 Å². The largest absolute Gasteiger partial charge is 0.459 e. The molecule has 0 bridgehead atoms. The predicted molar refractivity (Wildman–Crippen MR) is 97.0 cm³/mol. The smallest absolute Gasteiger partial charge is 0.289 e. The number of furan rings is 1. The number of benzene rings is 1. The van der Waals surface area contributed by atoms with Crippen LogP contribution in [0, 0.1) is 24.2 Å². The number of hydrogen-bond donors (Lipinski definition) is 2. The first-order chi connectivity index (χ1) is 13.0. The van der Waals surface area contributed by atoms with Crippen LogP contribution in [0.5, 0.6) is 0 Å². The van der Waals surface area contributed by atoms with E-state index >= 15 is 0 Å². The minimum Gasteiger partial charge on any atom is -0.459 e. The second-order valence-corrected chi connectivity index (χ2v) is 6.70. The van der Waals surface area contributed by atoms with Crippen LogP contribution < -0.4 is 5.32 Å². The van der Waals surface area contributed by atoms with E-state index in [0.29, 0.717) is 36.4 Å². The van der Waals surface area contributed by atoms with Crippen LogP contribution in [0.2, 0.25) is 0 Å². The molecule has 2 N–H and O–H groups in total. The summed E-state index contributed by atoms with van der Waals surface area (Å²) in [5.41, 5.74) is 1.59. The summed E-state index contributed by atoms with van der Waals surface area (Å²) in [7, 11) is 0. The van der Waals surface area contributed by atoms with Crippen molar-refractivity contribution < 1.29 is 19.1 Å². The van der Waals surface area contributed by atoms with Gasteiger partial charge in [0.2, 0.25) is 0 Å². The maximum absolute atomic E-state index is 12.5. The summed E-state index contributed by atoms with van der Waals surface area (Å²) in [4.78, 5) is 26.3. The molecule has 0 spiro atoms. The van der Waals surface area contributed by atoms with E-state index in [1.807, 2.05) is 6.07 Å². The highest BCUT2D eigenvalue weighted by Crippen LogP contribution is 2.21. The molecule has 0 aliphatic carbocycles. The fourth-order valence-electron chi connectivity index (χ4n) is 3.19. The summed E-state index contributed by atoms with van der Waals surface area (Å²) in [5, 5.41) is 22.1. The normalized spacial score (nSPS) is 19.4. The standard InChI is InChI=1S/C20H21N3O4/c1-13-6-8-27-18(13)20(26)23-7-5-16(17(24)12-23)11-22-19(25)15-4-2-3-14(9-15)10-21/h2-4,6,8-9,16-17,24H,5,7,11-12H2,1H3,(H,22,25)/t16-,17+/m0/s1. The Morgan fingerprint density at radius 1 is 1.41 bits per heavy atom. The summed E-state index contributed by atoms with van der Waals surface area (Å²) in [6, 6.07) is 10.2. The lowest BCUT2D eigenvalue weighted by Gasteiger charge is -2.35. The number of aliphatic hydroxyl groups is 1. The Bertz CT molecular complexity index is 883. The highest BCUT2D eigenvalue weighted by molar-refractivity contribution is 5.94. The van der Waals surface area contributed by atoms with Crippen molar-refractivity contribution in [1.29, 1.82) is 5.26 Å². The Morgan fingerprint density at radius 3 is 2.89 bits per heavy atom. The molecule has 2 heterocycles. The maximum atomic E-state index is 12.5. The number of aliphatic hydroxyl groups excluding tert-OH is 1. The van der Waals surface area contributed by atoms with Gasteiger partial charge in [-0.2, -0.15) is 5.26 Å². The van der Waals surface area contributed by atoms with E-state index in [4.69, 9.17) is 9.68 Å². The van der Waals surface area contributed by atoms with E-state index in [2.05, 4.69) is 5.32 Å². The molecule has 3 rings (SSSR count). The number of carbonyl (C=O) groups excluding carboxylic acids is 2. The van der Waals surface area contributed by atoms with Crippen LogP contribution >= 0.6 is 0 Å². The van der Waals surface area contributed by atoms with Crippen LogP contribution in [-0.2, 0) is 0 Å². The fraction of sp³-hybridized carbons (Fsp3) is 0.350. The zero-order chi connectivity index (χ0) is 19.4. The molecule has 7 heteroatoms. The number of carbonyl (C=O) groups is 2. The lowest BCUT2D eigenvalue weighted by atomic mass is 9.93. The molecule has 1 aromatic carbocycles. The van der Waals surface area contributed by atoms with Crippen molar-refractivity contribution >= 4 is 11.8 Å². The lowest BCUT2D eigenvalue weighted by molar-refractivity contribution is 0.0181. The van der Waals surface area contributed by atoms with Gasteiger partial charge < -0.3 is 19.7 Å². The number of likely N-dealkylation sites (tertiary alicyclic amines) is 1. The number of hydrogen-bond acceptors (Lipinski definition) is 5. The van der Waals surface area contributed by atoms with E-state index in [0.717, 1.165) is 5.56 Å². The average Bonchev–Trinajstić information content (AvgIpc) is 3.12. The molecule has 0 saturated carbocycles. The molecular formula is C20H21N3O4. The summed E-state index contributed by atoms with van der Waals surface area (Å²) in [6.45, 7) is 2.79. The molecule has 0 unspecified atom stereocenters. The quantitative estimate of drug-likeness (QED) is 0.856. The Labute approximate surface area is 157 Å². The van der Waals surface area contributed by atoms with Gasteiger partial charge in [0.1, 0.15) is 0 Å². The van der Waals surface area contributed by atoms with Crippen molar-refractivity contribution in [3.63, 3.8) is 0 Å². The Balaban J connectivity index is 1.54. The number of rotatable bonds is 4. The molecule has 7 nitrogen and oxygen atoms in total. The number of nitrogens with zero attached hydrogens (tertiary/aromatic N) is 2. The molecule has 1 aliphatic rings. The molecule has 2 aromatic rings. The molecule has 27 heavy (non-hydrogen) atoms. The molecule has 140 valence electrons. The predicted octanol–water partition coefficient (Wildman–Crippen LogP) is 1.71. The van der Waals surface area contributed by atoms with Gasteiger partial charge in [0.05, 0.1) is 24.0 Å². The van der Waals surface area contributed by atoms with E-state index in [-0.39, 0.29) is 24.3 Å². The van der Waals surface area contributed by atoms with Crippen LogP contribution in [0.3, 0.4) is 0 Å². The second kappa shape index (κ2) is 8.06. The molecule has 1 aromatic heterocycles. The first kappa shape index (κ1) is 18.7. The van der Waals surface area contributed by atoms with Crippen molar-refractivity contribution in [2.75, 3.05) is 19.6 Å². The summed E-state index contributed by atoms with van der Waals surface area (Å²) in [6.07, 6.45) is 1.32.